The van der Waals surface area contributed by atoms with E-state index in [-0.39, 0.29) is 24.7 Å². The Morgan fingerprint density at radius 3 is 2.81 bits per heavy atom. The number of hydrogen-bond acceptors (Lipinski definition) is 4. The number of amides is 1. The molecule has 6 heteroatoms. The summed E-state index contributed by atoms with van der Waals surface area (Å²) in [4.78, 5) is 23.2. The number of thiophene rings is 1. The topological polar surface area (TPSA) is 55.4 Å². The minimum Gasteiger partial charge on any atom is -0.469 e. The molecule has 0 aliphatic heterocycles. The predicted molar refractivity (Wildman–Crippen MR) is 65.1 cm³/mol. The zero-order chi connectivity index (χ0) is 12.0. The molecular formula is C10H12BrNO3S. The quantitative estimate of drug-likeness (QED) is 0.847. The van der Waals surface area contributed by atoms with Crippen LogP contribution in [0.3, 0.4) is 0 Å². The second-order valence-corrected chi connectivity index (χ2v) is 5.00. The molecule has 1 aromatic heterocycles. The van der Waals surface area contributed by atoms with Gasteiger partial charge in [0, 0.05) is 21.2 Å². The minimum absolute atomic E-state index is 0.121. The summed E-state index contributed by atoms with van der Waals surface area (Å²) in [6.45, 7) is 0.496. The van der Waals surface area contributed by atoms with Gasteiger partial charge in [0.2, 0.25) is 5.91 Å². The van der Waals surface area contributed by atoms with Gasteiger partial charge in [-0.25, -0.2) is 0 Å². The van der Waals surface area contributed by atoms with E-state index >= 15 is 0 Å². The van der Waals surface area contributed by atoms with Crippen molar-refractivity contribution in [1.29, 1.82) is 0 Å². The molecule has 0 saturated heterocycles. The molecule has 0 radical (unpaired) electrons. The van der Waals surface area contributed by atoms with E-state index in [4.69, 9.17) is 0 Å². The van der Waals surface area contributed by atoms with Crippen molar-refractivity contribution in [2.45, 2.75) is 19.4 Å². The van der Waals surface area contributed by atoms with Crippen molar-refractivity contribution in [2.24, 2.45) is 0 Å². The average Bonchev–Trinajstić information content (AvgIpc) is 2.69. The number of halogens is 1. The minimum atomic E-state index is -0.367. The summed E-state index contributed by atoms with van der Waals surface area (Å²) >= 11 is 4.90. The maximum absolute atomic E-state index is 11.3. The van der Waals surface area contributed by atoms with Gasteiger partial charge in [0.05, 0.1) is 20.1 Å². The Balaban J connectivity index is 2.22. The highest BCUT2D eigenvalue weighted by atomic mass is 79.9. The van der Waals surface area contributed by atoms with Gasteiger partial charge < -0.3 is 10.1 Å². The largest absolute Gasteiger partial charge is 0.469 e. The molecule has 0 bridgehead atoms. The Hall–Kier alpha value is -0.880. The first-order chi connectivity index (χ1) is 7.61. The molecule has 0 unspecified atom stereocenters. The highest BCUT2D eigenvalue weighted by Crippen LogP contribution is 2.19. The number of esters is 1. The number of nitrogens with one attached hydrogen (secondary N) is 1. The van der Waals surface area contributed by atoms with Crippen LogP contribution in [0.1, 0.15) is 17.7 Å². The third-order valence-corrected chi connectivity index (χ3v) is 3.56. The molecule has 0 fully saturated rings. The zero-order valence-electron chi connectivity index (χ0n) is 8.79. The Morgan fingerprint density at radius 1 is 1.50 bits per heavy atom. The molecule has 4 nitrogen and oxygen atoms in total. The van der Waals surface area contributed by atoms with Gasteiger partial charge in [-0.15, -0.1) is 11.3 Å². The van der Waals surface area contributed by atoms with E-state index in [1.54, 1.807) is 11.3 Å². The van der Waals surface area contributed by atoms with Crippen LogP contribution < -0.4 is 5.32 Å². The number of hydrogen-bond donors (Lipinski definition) is 1. The number of carbonyl (C=O) groups is 2. The molecule has 1 N–H and O–H groups in total. The lowest BCUT2D eigenvalue weighted by Crippen LogP contribution is -2.22. The number of carbonyl (C=O) groups excluding carboxylic acids is 2. The molecule has 1 amide bonds. The summed E-state index contributed by atoms with van der Waals surface area (Å²) in [6.07, 6.45) is 0.287. The van der Waals surface area contributed by atoms with Crippen molar-refractivity contribution in [3.8, 4) is 0 Å². The summed E-state index contributed by atoms with van der Waals surface area (Å²) in [5.74, 6) is -0.510. The second kappa shape index (κ2) is 6.65. The average molecular weight is 306 g/mol. The fourth-order valence-electron chi connectivity index (χ4n) is 1.04. The van der Waals surface area contributed by atoms with Crippen molar-refractivity contribution in [2.75, 3.05) is 7.11 Å². The summed E-state index contributed by atoms with van der Waals surface area (Å²) in [6, 6.07) is 1.95. The lowest BCUT2D eigenvalue weighted by molar-refractivity contribution is -0.142. The van der Waals surface area contributed by atoms with Crippen molar-refractivity contribution < 1.29 is 14.3 Å². The first-order valence-corrected chi connectivity index (χ1v) is 6.35. The number of rotatable bonds is 5. The maximum atomic E-state index is 11.3. The van der Waals surface area contributed by atoms with Gasteiger partial charge in [-0.1, -0.05) is 0 Å². The summed E-state index contributed by atoms with van der Waals surface area (Å²) in [7, 11) is 1.31. The van der Waals surface area contributed by atoms with E-state index in [0.717, 1.165) is 9.35 Å². The maximum Gasteiger partial charge on any atom is 0.306 e. The number of ether oxygens (including phenoxy) is 1. The fourth-order valence-corrected chi connectivity index (χ4v) is 2.43. The standard InChI is InChI=1S/C10H12BrNO3S/c1-15-10(14)3-2-9(13)12-5-8-4-7(11)6-16-8/h4,6H,2-3,5H2,1H3,(H,12,13). The molecule has 1 aromatic rings. The molecule has 0 aromatic carbocycles. The van der Waals surface area contributed by atoms with Gasteiger partial charge >= 0.3 is 5.97 Å². The molecule has 88 valence electrons. The monoisotopic (exact) mass is 305 g/mol. The van der Waals surface area contributed by atoms with Crippen molar-refractivity contribution in [3.63, 3.8) is 0 Å². The predicted octanol–water partition coefficient (Wildman–Crippen LogP) is 2.08. The summed E-state index contributed by atoms with van der Waals surface area (Å²) in [5, 5.41) is 4.69. The van der Waals surface area contributed by atoms with E-state index in [1.165, 1.54) is 7.11 Å². The molecule has 0 spiro atoms. The third kappa shape index (κ3) is 4.76. The van der Waals surface area contributed by atoms with Crippen molar-refractivity contribution in [3.05, 3.63) is 20.8 Å². The molecular weight excluding hydrogens is 294 g/mol. The SMILES string of the molecule is COC(=O)CCC(=O)NCc1cc(Br)cs1. The molecule has 0 atom stereocenters. The second-order valence-electron chi connectivity index (χ2n) is 3.08. The van der Waals surface area contributed by atoms with E-state index in [1.807, 2.05) is 11.4 Å². The van der Waals surface area contributed by atoms with Crippen molar-refractivity contribution >= 4 is 39.1 Å². The van der Waals surface area contributed by atoms with Crippen LogP contribution in [0.25, 0.3) is 0 Å². The van der Waals surface area contributed by atoms with Gasteiger partial charge in [-0.05, 0) is 22.0 Å². The Kier molecular flexibility index (Phi) is 5.48. The van der Waals surface area contributed by atoms with Gasteiger partial charge in [-0.3, -0.25) is 9.59 Å². The molecule has 0 saturated carbocycles. The Labute approximate surface area is 106 Å². The Morgan fingerprint density at radius 2 is 2.25 bits per heavy atom. The molecule has 0 aliphatic rings. The van der Waals surface area contributed by atoms with Crippen LogP contribution in [0, 0.1) is 0 Å². The summed E-state index contributed by atoms with van der Waals surface area (Å²) < 4.78 is 5.45. The molecule has 16 heavy (non-hydrogen) atoms. The fraction of sp³-hybridized carbons (Fsp3) is 0.400. The number of methoxy groups -OCH3 is 1. The van der Waals surface area contributed by atoms with Gasteiger partial charge in [0.1, 0.15) is 0 Å². The van der Waals surface area contributed by atoms with E-state index in [0.29, 0.717) is 6.54 Å². The zero-order valence-corrected chi connectivity index (χ0v) is 11.2. The van der Waals surface area contributed by atoms with Gasteiger partial charge in [0.25, 0.3) is 0 Å². The lowest BCUT2D eigenvalue weighted by atomic mass is 10.3. The first kappa shape index (κ1) is 13.2. The van der Waals surface area contributed by atoms with Crippen molar-refractivity contribution in [1.82, 2.24) is 5.32 Å². The van der Waals surface area contributed by atoms with Gasteiger partial charge in [0.15, 0.2) is 0 Å². The van der Waals surface area contributed by atoms with E-state index < -0.39 is 0 Å². The molecule has 0 aliphatic carbocycles. The van der Waals surface area contributed by atoms with E-state index in [2.05, 4.69) is 26.0 Å². The van der Waals surface area contributed by atoms with Crippen LogP contribution in [0.4, 0.5) is 0 Å². The first-order valence-electron chi connectivity index (χ1n) is 4.68. The molecule has 1 rings (SSSR count). The normalized spacial score (nSPS) is 9.88. The van der Waals surface area contributed by atoms with E-state index in [9.17, 15) is 9.59 Å². The summed E-state index contributed by atoms with van der Waals surface area (Å²) in [5.41, 5.74) is 0. The molecule has 1 heterocycles. The highest BCUT2D eigenvalue weighted by molar-refractivity contribution is 9.10. The van der Waals surface area contributed by atoms with Crippen LogP contribution in [0.15, 0.2) is 15.9 Å². The lowest BCUT2D eigenvalue weighted by Gasteiger charge is -2.02. The smallest absolute Gasteiger partial charge is 0.306 e. The van der Waals surface area contributed by atoms with Gasteiger partial charge in [-0.2, -0.15) is 0 Å². The van der Waals surface area contributed by atoms with Crippen LogP contribution in [-0.4, -0.2) is 19.0 Å². The van der Waals surface area contributed by atoms with Crippen LogP contribution >= 0.6 is 27.3 Å². The highest BCUT2D eigenvalue weighted by Gasteiger charge is 2.06. The van der Waals surface area contributed by atoms with Crippen LogP contribution in [0.5, 0.6) is 0 Å². The Bertz CT molecular complexity index is 378. The van der Waals surface area contributed by atoms with Crippen LogP contribution in [0.2, 0.25) is 0 Å². The third-order valence-electron chi connectivity index (χ3n) is 1.87. The van der Waals surface area contributed by atoms with Crippen LogP contribution in [-0.2, 0) is 20.9 Å².